The smallest absolute Gasteiger partial charge is 0.240 e. The molecule has 3 rings (SSSR count). The van der Waals surface area contributed by atoms with E-state index in [9.17, 15) is 4.79 Å². The first-order valence-electron chi connectivity index (χ1n) is 7.47. The van der Waals surface area contributed by atoms with E-state index in [1.807, 2.05) is 47.7 Å². The van der Waals surface area contributed by atoms with Crippen molar-refractivity contribution in [3.05, 3.63) is 35.7 Å². The van der Waals surface area contributed by atoms with Crippen molar-refractivity contribution in [3.8, 4) is 11.5 Å². The molecule has 0 radical (unpaired) electrons. The molecule has 1 aromatic carbocycles. The molecule has 0 fully saturated rings. The first kappa shape index (κ1) is 15.7. The summed E-state index contributed by atoms with van der Waals surface area (Å²) in [6.45, 7) is 4.45. The van der Waals surface area contributed by atoms with Crippen LogP contribution in [0.5, 0.6) is 0 Å². The third-order valence-corrected chi connectivity index (χ3v) is 4.46. The Morgan fingerprint density at radius 3 is 2.91 bits per heavy atom. The number of likely N-dealkylation sites (N-methyl/N-ethyl adjacent to an activating group) is 1. The maximum Gasteiger partial charge on any atom is 0.240 e. The Kier molecular flexibility index (Phi) is 4.45. The van der Waals surface area contributed by atoms with Crippen molar-refractivity contribution in [3.63, 3.8) is 0 Å². The Hall–Kier alpha value is -2.18. The van der Waals surface area contributed by atoms with Gasteiger partial charge in [-0.05, 0) is 33.0 Å². The first-order valence-corrected chi connectivity index (χ1v) is 8.35. The number of anilines is 1. The van der Waals surface area contributed by atoms with Gasteiger partial charge in [-0.25, -0.2) is 4.98 Å². The molecule has 3 aromatic rings. The second-order valence-electron chi connectivity index (χ2n) is 5.74. The first-order chi connectivity index (χ1) is 11.0. The molecule has 2 aromatic heterocycles. The van der Waals surface area contributed by atoms with Crippen molar-refractivity contribution < 1.29 is 9.21 Å². The fourth-order valence-corrected chi connectivity index (χ4v) is 2.84. The van der Waals surface area contributed by atoms with Gasteiger partial charge in [-0.1, -0.05) is 18.2 Å². The molecule has 5 nitrogen and oxygen atoms in total. The van der Waals surface area contributed by atoms with Gasteiger partial charge in [-0.15, -0.1) is 11.3 Å². The molecule has 120 valence electrons. The monoisotopic (exact) mass is 329 g/mol. The number of thiazole rings is 1. The minimum absolute atomic E-state index is 0.0632. The maximum atomic E-state index is 12.0. The number of amides is 1. The summed E-state index contributed by atoms with van der Waals surface area (Å²) in [6.07, 6.45) is 0. The van der Waals surface area contributed by atoms with E-state index in [1.165, 1.54) is 11.3 Å². The molecule has 0 unspecified atom stereocenters. The van der Waals surface area contributed by atoms with E-state index in [0.29, 0.717) is 23.5 Å². The third kappa shape index (κ3) is 3.60. The van der Waals surface area contributed by atoms with Gasteiger partial charge in [0.05, 0.1) is 6.54 Å². The van der Waals surface area contributed by atoms with Crippen LogP contribution in [0.2, 0.25) is 0 Å². The van der Waals surface area contributed by atoms with Crippen molar-refractivity contribution >= 4 is 33.3 Å². The lowest BCUT2D eigenvalue weighted by molar-refractivity contribution is -0.117. The van der Waals surface area contributed by atoms with E-state index in [-0.39, 0.29) is 5.91 Å². The van der Waals surface area contributed by atoms with Crippen LogP contribution < -0.4 is 5.32 Å². The number of nitrogens with one attached hydrogen (secondary N) is 1. The highest BCUT2D eigenvalue weighted by atomic mass is 32.1. The van der Waals surface area contributed by atoms with E-state index in [2.05, 4.69) is 24.1 Å². The van der Waals surface area contributed by atoms with Gasteiger partial charge in [0.1, 0.15) is 11.3 Å². The number of nitrogens with zero attached hydrogens (tertiary/aromatic N) is 2. The SMILES string of the molecule is CC(C)N(C)CC(=O)Nc1nc(-c2cc3ccccc3o2)cs1. The Bertz CT molecular complexity index is 789. The quantitative estimate of drug-likeness (QED) is 0.773. The zero-order valence-electron chi connectivity index (χ0n) is 13.4. The number of aromatic nitrogens is 1. The lowest BCUT2D eigenvalue weighted by atomic mass is 10.2. The van der Waals surface area contributed by atoms with E-state index < -0.39 is 0 Å². The van der Waals surface area contributed by atoms with Crippen molar-refractivity contribution in [1.29, 1.82) is 0 Å². The lowest BCUT2D eigenvalue weighted by Gasteiger charge is -2.19. The molecule has 0 atom stereocenters. The molecule has 0 aliphatic heterocycles. The van der Waals surface area contributed by atoms with Crippen molar-refractivity contribution in [2.45, 2.75) is 19.9 Å². The van der Waals surface area contributed by atoms with Crippen LogP contribution in [0.4, 0.5) is 5.13 Å². The average molecular weight is 329 g/mol. The van der Waals surface area contributed by atoms with E-state index >= 15 is 0 Å². The zero-order valence-corrected chi connectivity index (χ0v) is 14.2. The lowest BCUT2D eigenvalue weighted by Crippen LogP contribution is -2.34. The minimum Gasteiger partial charge on any atom is -0.454 e. The number of rotatable bonds is 5. The van der Waals surface area contributed by atoms with Crippen LogP contribution in [0.15, 0.2) is 40.1 Å². The molecular weight excluding hydrogens is 310 g/mol. The van der Waals surface area contributed by atoms with Crippen LogP contribution in [0.3, 0.4) is 0 Å². The fourth-order valence-electron chi connectivity index (χ4n) is 2.12. The van der Waals surface area contributed by atoms with E-state index in [0.717, 1.165) is 16.7 Å². The highest BCUT2D eigenvalue weighted by Gasteiger charge is 2.13. The van der Waals surface area contributed by atoms with Gasteiger partial charge in [0, 0.05) is 16.8 Å². The highest BCUT2D eigenvalue weighted by molar-refractivity contribution is 7.14. The summed E-state index contributed by atoms with van der Waals surface area (Å²) >= 11 is 1.40. The van der Waals surface area contributed by atoms with Crippen LogP contribution in [0.25, 0.3) is 22.4 Å². The maximum absolute atomic E-state index is 12.0. The Morgan fingerprint density at radius 1 is 1.39 bits per heavy atom. The molecule has 1 N–H and O–H groups in total. The summed E-state index contributed by atoms with van der Waals surface area (Å²) in [5.41, 5.74) is 1.57. The molecule has 0 bridgehead atoms. The number of fused-ring (bicyclic) bond motifs is 1. The summed E-state index contributed by atoms with van der Waals surface area (Å²) < 4.78 is 5.79. The summed E-state index contributed by atoms with van der Waals surface area (Å²) in [5, 5.41) is 6.35. The molecule has 0 spiro atoms. The number of benzene rings is 1. The molecule has 1 amide bonds. The van der Waals surface area contributed by atoms with Crippen LogP contribution in [-0.4, -0.2) is 35.4 Å². The predicted molar refractivity (Wildman–Crippen MR) is 93.7 cm³/mol. The fraction of sp³-hybridized carbons (Fsp3) is 0.294. The number of carbonyl (C=O) groups excluding carboxylic acids is 1. The number of furan rings is 1. The van der Waals surface area contributed by atoms with Gasteiger partial charge in [0.2, 0.25) is 5.91 Å². The molecule has 0 saturated carbocycles. The van der Waals surface area contributed by atoms with Gasteiger partial charge in [-0.2, -0.15) is 0 Å². The Labute approximate surface area is 138 Å². The van der Waals surface area contributed by atoms with Gasteiger partial charge in [0.15, 0.2) is 10.9 Å². The molecule has 0 aliphatic rings. The normalized spacial score (nSPS) is 11.5. The Balaban J connectivity index is 1.71. The van der Waals surface area contributed by atoms with E-state index in [4.69, 9.17) is 4.42 Å². The largest absolute Gasteiger partial charge is 0.454 e. The number of hydrogen-bond acceptors (Lipinski definition) is 5. The minimum atomic E-state index is -0.0632. The van der Waals surface area contributed by atoms with Gasteiger partial charge in [0.25, 0.3) is 0 Å². The average Bonchev–Trinajstić information content (AvgIpc) is 3.12. The van der Waals surface area contributed by atoms with Crippen LogP contribution >= 0.6 is 11.3 Å². The second kappa shape index (κ2) is 6.52. The standard InChI is InChI=1S/C17H19N3O2S/c1-11(2)20(3)9-16(21)19-17-18-13(10-23-17)15-8-12-6-4-5-7-14(12)22-15/h4-8,10-11H,9H2,1-3H3,(H,18,19,21). The highest BCUT2D eigenvalue weighted by Crippen LogP contribution is 2.30. The molecule has 6 heteroatoms. The zero-order chi connectivity index (χ0) is 16.4. The molecular formula is C17H19N3O2S. The van der Waals surface area contributed by atoms with Gasteiger partial charge >= 0.3 is 0 Å². The summed E-state index contributed by atoms with van der Waals surface area (Å²) in [5.74, 6) is 0.647. The summed E-state index contributed by atoms with van der Waals surface area (Å²) in [4.78, 5) is 18.4. The van der Waals surface area contributed by atoms with Crippen LogP contribution in [0.1, 0.15) is 13.8 Å². The molecule has 0 saturated heterocycles. The van der Waals surface area contributed by atoms with Crippen LogP contribution in [0, 0.1) is 0 Å². The van der Waals surface area contributed by atoms with Crippen molar-refractivity contribution in [1.82, 2.24) is 9.88 Å². The number of para-hydroxylation sites is 1. The summed E-state index contributed by atoms with van der Waals surface area (Å²) in [7, 11) is 1.92. The van der Waals surface area contributed by atoms with Crippen LogP contribution in [-0.2, 0) is 4.79 Å². The molecule has 0 aliphatic carbocycles. The predicted octanol–water partition coefficient (Wildman–Crippen LogP) is 3.84. The Morgan fingerprint density at radius 2 is 2.17 bits per heavy atom. The van der Waals surface area contributed by atoms with Gasteiger partial charge < -0.3 is 9.73 Å². The van der Waals surface area contributed by atoms with E-state index in [1.54, 1.807) is 0 Å². The molecule has 2 heterocycles. The second-order valence-corrected chi connectivity index (χ2v) is 6.60. The van der Waals surface area contributed by atoms with Crippen molar-refractivity contribution in [2.75, 3.05) is 18.9 Å². The summed E-state index contributed by atoms with van der Waals surface area (Å²) in [6, 6.07) is 10.1. The topological polar surface area (TPSA) is 58.4 Å². The number of carbonyl (C=O) groups is 1. The van der Waals surface area contributed by atoms with Gasteiger partial charge in [-0.3, -0.25) is 9.69 Å². The third-order valence-electron chi connectivity index (χ3n) is 3.70. The number of hydrogen-bond donors (Lipinski definition) is 1. The molecule has 23 heavy (non-hydrogen) atoms. The van der Waals surface area contributed by atoms with Crippen molar-refractivity contribution in [2.24, 2.45) is 0 Å².